The highest BCUT2D eigenvalue weighted by Crippen LogP contribution is 2.34. The van der Waals surface area contributed by atoms with E-state index < -0.39 is 7.60 Å². The highest BCUT2D eigenvalue weighted by atomic mass is 127. The van der Waals surface area contributed by atoms with Gasteiger partial charge >= 0.3 is 7.60 Å². The predicted molar refractivity (Wildman–Crippen MR) is 53.3 cm³/mol. The van der Waals surface area contributed by atoms with Crippen LogP contribution in [0.2, 0.25) is 0 Å². The molecule has 68 valence electrons. The molecule has 6 heteroatoms. The predicted octanol–water partition coefficient (Wildman–Crippen LogP) is 0.579. The Balaban J connectivity index is 3.09. The fraction of sp³-hybridized carbons (Fsp3) is 1.00. The summed E-state index contributed by atoms with van der Waals surface area (Å²) in [6.07, 6.45) is 0.530. The zero-order valence-electron chi connectivity index (χ0n) is 6.16. The lowest BCUT2D eigenvalue weighted by Crippen LogP contribution is -2.18. The van der Waals surface area contributed by atoms with Gasteiger partial charge in [-0.3, -0.25) is 4.57 Å². The van der Waals surface area contributed by atoms with Gasteiger partial charge in [0.15, 0.2) is 0 Å². The lowest BCUT2D eigenvalue weighted by Gasteiger charge is -2.03. The maximum Gasteiger partial charge on any atom is 0.325 e. The molecule has 0 aliphatic heterocycles. The third-order valence-corrected chi connectivity index (χ3v) is 2.51. The molecule has 0 radical (unpaired) electrons. The van der Waals surface area contributed by atoms with E-state index in [1.165, 1.54) is 0 Å². The minimum Gasteiger partial charge on any atom is -0.324 e. The third-order valence-electron chi connectivity index (χ3n) is 1.07. The van der Waals surface area contributed by atoms with Crippen LogP contribution in [0.4, 0.5) is 0 Å². The van der Waals surface area contributed by atoms with E-state index in [0.717, 1.165) is 11.0 Å². The standard InChI is InChI=1S/C5H13INO3P/c6-2-4-7-3-1-5-11(8,9)10/h7H,1-5H2,(H2,8,9,10). The van der Waals surface area contributed by atoms with E-state index in [1.807, 2.05) is 0 Å². The summed E-state index contributed by atoms with van der Waals surface area (Å²) in [5, 5.41) is 3.06. The van der Waals surface area contributed by atoms with Crippen molar-refractivity contribution in [2.75, 3.05) is 23.7 Å². The van der Waals surface area contributed by atoms with Crippen LogP contribution in [-0.4, -0.2) is 33.5 Å². The molecular formula is C5H13INO3P. The van der Waals surface area contributed by atoms with Gasteiger partial charge in [0.05, 0.1) is 6.16 Å². The highest BCUT2D eigenvalue weighted by molar-refractivity contribution is 14.1. The molecular weight excluding hydrogens is 280 g/mol. The highest BCUT2D eigenvalue weighted by Gasteiger charge is 2.10. The molecule has 0 bridgehead atoms. The van der Waals surface area contributed by atoms with E-state index in [0.29, 0.717) is 13.0 Å². The normalized spacial score (nSPS) is 11.9. The molecule has 0 fully saturated rings. The van der Waals surface area contributed by atoms with E-state index in [9.17, 15) is 4.57 Å². The number of halogens is 1. The first-order valence-electron chi connectivity index (χ1n) is 3.37. The second kappa shape index (κ2) is 6.37. The quantitative estimate of drug-likeness (QED) is 0.290. The Bertz CT molecular complexity index is 138. The van der Waals surface area contributed by atoms with Crippen LogP contribution in [0.3, 0.4) is 0 Å². The average molecular weight is 293 g/mol. The summed E-state index contributed by atoms with van der Waals surface area (Å²) < 4.78 is 11.4. The monoisotopic (exact) mass is 293 g/mol. The van der Waals surface area contributed by atoms with Crippen molar-refractivity contribution in [3.63, 3.8) is 0 Å². The molecule has 0 atom stereocenters. The number of hydrogen-bond donors (Lipinski definition) is 3. The Hall–Kier alpha value is 0.840. The molecule has 0 saturated heterocycles. The first-order valence-corrected chi connectivity index (χ1v) is 6.70. The Morgan fingerprint density at radius 2 is 2.00 bits per heavy atom. The lowest BCUT2D eigenvalue weighted by atomic mass is 10.5. The molecule has 0 aromatic carbocycles. The molecule has 0 unspecified atom stereocenters. The fourth-order valence-corrected chi connectivity index (χ4v) is 1.55. The minimum atomic E-state index is -3.76. The summed E-state index contributed by atoms with van der Waals surface area (Å²) in [6, 6.07) is 0. The largest absolute Gasteiger partial charge is 0.325 e. The Morgan fingerprint density at radius 1 is 1.36 bits per heavy atom. The molecule has 0 heterocycles. The molecule has 0 saturated carbocycles. The summed E-state index contributed by atoms with van der Waals surface area (Å²) in [5.41, 5.74) is 0. The van der Waals surface area contributed by atoms with E-state index in [1.54, 1.807) is 0 Å². The van der Waals surface area contributed by atoms with E-state index in [2.05, 4.69) is 27.9 Å². The fourth-order valence-electron chi connectivity index (χ4n) is 0.602. The first kappa shape index (κ1) is 11.8. The van der Waals surface area contributed by atoms with Crippen molar-refractivity contribution >= 4 is 30.2 Å². The molecule has 0 aromatic heterocycles. The molecule has 0 aliphatic rings. The molecule has 0 aliphatic carbocycles. The molecule has 4 nitrogen and oxygen atoms in total. The van der Waals surface area contributed by atoms with Gasteiger partial charge in [-0.15, -0.1) is 0 Å². The molecule has 3 N–H and O–H groups in total. The van der Waals surface area contributed by atoms with Crippen LogP contribution in [0.1, 0.15) is 6.42 Å². The zero-order valence-corrected chi connectivity index (χ0v) is 9.22. The number of nitrogens with one attached hydrogen (secondary N) is 1. The second-order valence-electron chi connectivity index (χ2n) is 2.18. The second-order valence-corrected chi connectivity index (χ2v) is 5.04. The van der Waals surface area contributed by atoms with Gasteiger partial charge in [0.1, 0.15) is 0 Å². The Labute approximate surface area is 80.1 Å². The Morgan fingerprint density at radius 3 is 2.45 bits per heavy atom. The molecule has 0 aromatic rings. The molecule has 0 spiro atoms. The smallest absolute Gasteiger partial charge is 0.324 e. The third kappa shape index (κ3) is 10.8. The van der Waals surface area contributed by atoms with E-state index >= 15 is 0 Å². The number of rotatable bonds is 6. The summed E-state index contributed by atoms with van der Waals surface area (Å²) in [4.78, 5) is 16.9. The van der Waals surface area contributed by atoms with Crippen molar-refractivity contribution < 1.29 is 14.4 Å². The van der Waals surface area contributed by atoms with Crippen LogP contribution < -0.4 is 5.32 Å². The van der Waals surface area contributed by atoms with Gasteiger partial charge in [-0.25, -0.2) is 0 Å². The van der Waals surface area contributed by atoms with E-state index in [4.69, 9.17) is 9.79 Å². The maximum atomic E-state index is 10.3. The van der Waals surface area contributed by atoms with Crippen LogP contribution in [0, 0.1) is 0 Å². The average Bonchev–Trinajstić information content (AvgIpc) is 1.85. The lowest BCUT2D eigenvalue weighted by molar-refractivity contribution is 0.371. The van der Waals surface area contributed by atoms with Crippen molar-refractivity contribution in [1.82, 2.24) is 5.32 Å². The van der Waals surface area contributed by atoms with Crippen molar-refractivity contribution in [3.8, 4) is 0 Å². The van der Waals surface area contributed by atoms with Gasteiger partial charge in [0.2, 0.25) is 0 Å². The molecule has 0 rings (SSSR count). The van der Waals surface area contributed by atoms with Gasteiger partial charge in [-0.1, -0.05) is 22.6 Å². The van der Waals surface area contributed by atoms with Crippen LogP contribution in [0.15, 0.2) is 0 Å². The van der Waals surface area contributed by atoms with Gasteiger partial charge in [0, 0.05) is 11.0 Å². The van der Waals surface area contributed by atoms with Crippen molar-refractivity contribution in [1.29, 1.82) is 0 Å². The first-order chi connectivity index (χ1) is 5.06. The van der Waals surface area contributed by atoms with Crippen LogP contribution in [0.25, 0.3) is 0 Å². The van der Waals surface area contributed by atoms with Crippen molar-refractivity contribution in [2.24, 2.45) is 0 Å². The number of hydrogen-bond acceptors (Lipinski definition) is 2. The van der Waals surface area contributed by atoms with Gasteiger partial charge in [-0.05, 0) is 13.0 Å². The van der Waals surface area contributed by atoms with Crippen molar-refractivity contribution in [3.05, 3.63) is 0 Å². The summed E-state index contributed by atoms with van der Waals surface area (Å²) in [5.74, 6) is 0. The van der Waals surface area contributed by atoms with Gasteiger partial charge in [-0.2, -0.15) is 0 Å². The summed E-state index contributed by atoms with van der Waals surface area (Å²) >= 11 is 2.24. The van der Waals surface area contributed by atoms with Crippen LogP contribution >= 0.6 is 30.2 Å². The van der Waals surface area contributed by atoms with E-state index in [-0.39, 0.29) is 6.16 Å². The molecule has 11 heavy (non-hydrogen) atoms. The Kier molecular flexibility index (Phi) is 6.85. The van der Waals surface area contributed by atoms with Gasteiger partial charge < -0.3 is 15.1 Å². The van der Waals surface area contributed by atoms with Crippen LogP contribution in [0.5, 0.6) is 0 Å². The SMILES string of the molecule is O=P(O)(O)CCCNCCI. The summed E-state index contributed by atoms with van der Waals surface area (Å²) in [7, 11) is -3.76. The van der Waals surface area contributed by atoms with Gasteiger partial charge in [0.25, 0.3) is 0 Å². The number of alkyl halides is 1. The summed E-state index contributed by atoms with van der Waals surface area (Å²) in [6.45, 7) is 1.59. The zero-order chi connectivity index (χ0) is 8.74. The maximum absolute atomic E-state index is 10.3. The van der Waals surface area contributed by atoms with Crippen molar-refractivity contribution in [2.45, 2.75) is 6.42 Å². The topological polar surface area (TPSA) is 69.6 Å². The minimum absolute atomic E-state index is 0.0127. The van der Waals surface area contributed by atoms with Crippen LogP contribution in [-0.2, 0) is 4.57 Å². The molecule has 0 amide bonds.